The zero-order chi connectivity index (χ0) is 13.1. The molecule has 1 rings (SSSR count). The van der Waals surface area contributed by atoms with E-state index in [1.807, 2.05) is 0 Å². The van der Waals surface area contributed by atoms with Gasteiger partial charge in [-0.1, -0.05) is 34.8 Å². The van der Waals surface area contributed by atoms with Crippen LogP contribution in [0.15, 0.2) is 0 Å². The third-order valence-corrected chi connectivity index (χ3v) is 4.05. The Hall–Kier alpha value is 0.0600. The standard InChI is InChI=1S/C9H15Cl3N2O3/c1-16-5-3-13-7(10)9(11,12)14(8(13)15)4-6-17-2/h7H,3-6H2,1-2H3. The number of hydrogen-bond acceptors (Lipinski definition) is 3. The Kier molecular flexibility index (Phi) is 5.60. The lowest BCUT2D eigenvalue weighted by molar-refractivity contribution is 0.139. The van der Waals surface area contributed by atoms with Crippen molar-refractivity contribution in [2.24, 2.45) is 0 Å². The van der Waals surface area contributed by atoms with Crippen molar-refractivity contribution in [2.75, 3.05) is 40.5 Å². The van der Waals surface area contributed by atoms with Crippen molar-refractivity contribution >= 4 is 40.8 Å². The second-order valence-corrected chi connectivity index (χ2v) is 5.30. The number of alkyl halides is 3. The fourth-order valence-electron chi connectivity index (χ4n) is 1.52. The molecule has 0 aliphatic carbocycles. The summed E-state index contributed by atoms with van der Waals surface area (Å²) in [5.41, 5.74) is -0.815. The van der Waals surface area contributed by atoms with Crippen molar-refractivity contribution in [3.05, 3.63) is 0 Å². The number of ether oxygens (including phenoxy) is 2. The van der Waals surface area contributed by atoms with Crippen molar-refractivity contribution in [1.82, 2.24) is 9.80 Å². The molecule has 0 N–H and O–H groups in total. The first-order valence-electron chi connectivity index (χ1n) is 5.04. The van der Waals surface area contributed by atoms with Gasteiger partial charge < -0.3 is 14.4 Å². The Morgan fingerprint density at radius 2 is 1.76 bits per heavy atom. The minimum absolute atomic E-state index is 0.287. The van der Waals surface area contributed by atoms with Crippen LogP contribution in [-0.4, -0.2) is 66.3 Å². The molecule has 100 valence electrons. The number of hydrogen-bond donors (Lipinski definition) is 0. The molecule has 5 nitrogen and oxygen atoms in total. The maximum Gasteiger partial charge on any atom is 0.323 e. The maximum atomic E-state index is 12.0. The van der Waals surface area contributed by atoms with Crippen molar-refractivity contribution in [3.8, 4) is 0 Å². The first kappa shape index (κ1) is 15.1. The molecule has 1 saturated heterocycles. The molecular formula is C9H15Cl3N2O3. The largest absolute Gasteiger partial charge is 0.383 e. The van der Waals surface area contributed by atoms with Gasteiger partial charge in [0.1, 0.15) is 0 Å². The minimum atomic E-state index is -1.45. The van der Waals surface area contributed by atoms with E-state index in [0.717, 1.165) is 0 Å². The van der Waals surface area contributed by atoms with Crippen molar-refractivity contribution in [3.63, 3.8) is 0 Å². The Bertz CT molecular complexity index is 278. The van der Waals surface area contributed by atoms with Gasteiger partial charge in [-0.3, -0.25) is 4.90 Å². The monoisotopic (exact) mass is 304 g/mol. The molecule has 1 fully saturated rings. The van der Waals surface area contributed by atoms with Crippen LogP contribution in [0.1, 0.15) is 0 Å². The van der Waals surface area contributed by atoms with Gasteiger partial charge in [0.15, 0.2) is 5.50 Å². The number of urea groups is 1. The van der Waals surface area contributed by atoms with Gasteiger partial charge in [0.25, 0.3) is 0 Å². The molecule has 0 aromatic carbocycles. The first-order valence-corrected chi connectivity index (χ1v) is 6.24. The van der Waals surface area contributed by atoms with Crippen molar-refractivity contribution in [1.29, 1.82) is 0 Å². The molecular weight excluding hydrogens is 290 g/mol. The maximum absolute atomic E-state index is 12.0. The molecule has 1 aliphatic rings. The van der Waals surface area contributed by atoms with E-state index in [2.05, 4.69) is 0 Å². The molecule has 1 unspecified atom stereocenters. The first-order chi connectivity index (χ1) is 7.96. The Balaban J connectivity index is 2.75. The lowest BCUT2D eigenvalue weighted by atomic mass is 10.5. The predicted molar refractivity (Wildman–Crippen MR) is 66.6 cm³/mol. The van der Waals surface area contributed by atoms with E-state index in [4.69, 9.17) is 44.3 Å². The summed E-state index contributed by atoms with van der Waals surface area (Å²) < 4.78 is 8.35. The van der Waals surface area contributed by atoms with Gasteiger partial charge in [0, 0.05) is 27.3 Å². The average molecular weight is 306 g/mol. The van der Waals surface area contributed by atoms with Gasteiger partial charge in [0.05, 0.1) is 13.2 Å². The van der Waals surface area contributed by atoms with E-state index in [1.54, 1.807) is 7.11 Å². The number of rotatable bonds is 6. The second kappa shape index (κ2) is 6.29. The smallest absolute Gasteiger partial charge is 0.323 e. The molecule has 8 heteroatoms. The van der Waals surface area contributed by atoms with Gasteiger partial charge in [0.2, 0.25) is 4.46 Å². The molecule has 0 aromatic heterocycles. The van der Waals surface area contributed by atoms with Gasteiger partial charge in [-0.2, -0.15) is 0 Å². The SMILES string of the molecule is COCCN1C(=O)N(CCOC)C(Cl)(Cl)C1Cl. The lowest BCUT2D eigenvalue weighted by Gasteiger charge is -2.26. The van der Waals surface area contributed by atoms with E-state index < -0.39 is 9.96 Å². The summed E-state index contributed by atoms with van der Waals surface area (Å²) in [4.78, 5) is 14.7. The Morgan fingerprint density at radius 3 is 2.29 bits per heavy atom. The Labute approximate surface area is 115 Å². The average Bonchev–Trinajstić information content (AvgIpc) is 2.43. The number of nitrogens with zero attached hydrogens (tertiary/aromatic N) is 2. The summed E-state index contributed by atoms with van der Waals surface area (Å²) in [5.74, 6) is 0. The van der Waals surface area contributed by atoms with Crippen LogP contribution >= 0.6 is 34.8 Å². The zero-order valence-corrected chi connectivity index (χ0v) is 11.9. The molecule has 0 spiro atoms. The van der Waals surface area contributed by atoms with Crippen molar-refractivity contribution in [2.45, 2.75) is 9.96 Å². The minimum Gasteiger partial charge on any atom is -0.383 e. The normalized spacial score (nSPS) is 23.6. The van der Waals surface area contributed by atoms with Gasteiger partial charge in [-0.15, -0.1) is 0 Å². The Morgan fingerprint density at radius 1 is 1.24 bits per heavy atom. The summed E-state index contributed by atoms with van der Waals surface area (Å²) in [6.07, 6.45) is 0. The summed E-state index contributed by atoms with van der Waals surface area (Å²) in [5, 5.41) is 0. The summed E-state index contributed by atoms with van der Waals surface area (Å²) in [6, 6.07) is -0.316. The van der Waals surface area contributed by atoms with Crippen LogP contribution in [0.4, 0.5) is 4.79 Å². The molecule has 1 aliphatic heterocycles. The molecule has 0 aromatic rings. The highest BCUT2D eigenvalue weighted by Gasteiger charge is 2.54. The van der Waals surface area contributed by atoms with Crippen LogP contribution in [0.3, 0.4) is 0 Å². The molecule has 0 radical (unpaired) electrons. The summed E-state index contributed by atoms with van der Waals surface area (Å²) in [6.45, 7) is 1.34. The summed E-state index contributed by atoms with van der Waals surface area (Å²) >= 11 is 18.3. The molecule has 0 saturated carbocycles. The van der Waals surface area contributed by atoms with Crippen LogP contribution in [0.5, 0.6) is 0 Å². The summed E-state index contributed by atoms with van der Waals surface area (Å²) in [7, 11) is 3.08. The van der Waals surface area contributed by atoms with Crippen LogP contribution in [-0.2, 0) is 9.47 Å². The van der Waals surface area contributed by atoms with Crippen LogP contribution in [0.2, 0.25) is 0 Å². The molecule has 1 heterocycles. The van der Waals surface area contributed by atoms with Crippen molar-refractivity contribution < 1.29 is 14.3 Å². The fourth-order valence-corrected chi connectivity index (χ4v) is 2.37. The van der Waals surface area contributed by atoms with E-state index in [-0.39, 0.29) is 12.6 Å². The van der Waals surface area contributed by atoms with Gasteiger partial charge in [-0.25, -0.2) is 4.79 Å². The fraction of sp³-hybridized carbons (Fsp3) is 0.889. The van der Waals surface area contributed by atoms with Gasteiger partial charge >= 0.3 is 6.03 Å². The van der Waals surface area contributed by atoms with E-state index in [9.17, 15) is 4.79 Å². The highest BCUT2D eigenvalue weighted by atomic mass is 35.5. The lowest BCUT2D eigenvalue weighted by Crippen LogP contribution is -2.41. The number of amides is 2. The molecule has 2 amide bonds. The van der Waals surface area contributed by atoms with Gasteiger partial charge in [-0.05, 0) is 0 Å². The van der Waals surface area contributed by atoms with Crippen LogP contribution < -0.4 is 0 Å². The van der Waals surface area contributed by atoms with E-state index in [0.29, 0.717) is 19.8 Å². The quantitative estimate of drug-likeness (QED) is 0.554. The van der Waals surface area contributed by atoms with E-state index in [1.165, 1.54) is 16.9 Å². The molecule has 17 heavy (non-hydrogen) atoms. The zero-order valence-electron chi connectivity index (χ0n) is 9.66. The molecule has 1 atom stereocenters. The van der Waals surface area contributed by atoms with Crippen LogP contribution in [0, 0.1) is 0 Å². The number of halogens is 3. The highest BCUT2D eigenvalue weighted by Crippen LogP contribution is 2.41. The third kappa shape index (κ3) is 3.09. The predicted octanol–water partition coefficient (Wildman–Crippen LogP) is 1.71. The number of carbonyl (C=O) groups excluding carboxylic acids is 1. The molecule has 0 bridgehead atoms. The van der Waals surface area contributed by atoms with Crippen LogP contribution in [0.25, 0.3) is 0 Å². The number of carbonyl (C=O) groups is 1. The second-order valence-electron chi connectivity index (χ2n) is 3.54. The topological polar surface area (TPSA) is 42.0 Å². The third-order valence-electron chi connectivity index (χ3n) is 2.45. The number of methoxy groups -OCH3 is 2. The van der Waals surface area contributed by atoms with E-state index >= 15 is 0 Å². The highest BCUT2D eigenvalue weighted by molar-refractivity contribution is 6.53.